The second kappa shape index (κ2) is 13.4. The highest BCUT2D eigenvalue weighted by atomic mass is 32.1. The first-order valence-corrected chi connectivity index (χ1v) is 9.34. The van der Waals surface area contributed by atoms with Crippen LogP contribution in [0.15, 0.2) is 31.1 Å². The number of nitrogens with one attached hydrogen (secondary N) is 1. The van der Waals surface area contributed by atoms with Crippen molar-refractivity contribution in [2.75, 3.05) is 40.0 Å². The van der Waals surface area contributed by atoms with Crippen molar-refractivity contribution in [3.8, 4) is 0 Å². The van der Waals surface area contributed by atoms with Gasteiger partial charge < -0.3 is 4.90 Å². The van der Waals surface area contributed by atoms with Gasteiger partial charge in [-0.3, -0.25) is 14.5 Å². The van der Waals surface area contributed by atoms with Crippen molar-refractivity contribution in [2.45, 2.75) is 26.8 Å². The number of hydroxylamine groups is 1. The Morgan fingerprint density at radius 2 is 2.19 bits per heavy atom. The second-order valence-corrected chi connectivity index (χ2v) is 6.00. The number of aromatic nitrogens is 2. The number of rotatable bonds is 5. The molecule has 0 spiro atoms. The van der Waals surface area contributed by atoms with Gasteiger partial charge >= 0.3 is 0 Å². The fraction of sp³-hybridized carbons (Fsp3) is 0.556. The van der Waals surface area contributed by atoms with E-state index < -0.39 is 0 Å². The van der Waals surface area contributed by atoms with Gasteiger partial charge in [-0.2, -0.15) is 17.7 Å². The average Bonchev–Trinajstić information content (AvgIpc) is 3.13. The summed E-state index contributed by atoms with van der Waals surface area (Å²) in [5.41, 5.74) is 3.60. The van der Waals surface area contributed by atoms with E-state index in [2.05, 4.69) is 57.5 Å². The average molecular weight is 384 g/mol. The molecular weight excluding hydrogens is 350 g/mol. The molecule has 1 atom stereocenters. The Hall–Kier alpha value is -1.77. The summed E-state index contributed by atoms with van der Waals surface area (Å²) in [5.74, 6) is 0.584. The van der Waals surface area contributed by atoms with Crippen molar-refractivity contribution in [3.63, 3.8) is 0 Å². The van der Waals surface area contributed by atoms with Gasteiger partial charge in [0.25, 0.3) is 5.91 Å². The lowest BCUT2D eigenvalue weighted by molar-refractivity contribution is 0.0532. The summed E-state index contributed by atoms with van der Waals surface area (Å²) in [6, 6.07) is 1.90. The first-order valence-electron chi connectivity index (χ1n) is 8.70. The molecule has 26 heavy (non-hydrogen) atoms. The lowest BCUT2D eigenvalue weighted by atomic mass is 10.1. The van der Waals surface area contributed by atoms with Gasteiger partial charge in [0.1, 0.15) is 0 Å². The molecule has 7 nitrogen and oxygen atoms in total. The van der Waals surface area contributed by atoms with Crippen LogP contribution in [-0.4, -0.2) is 71.6 Å². The van der Waals surface area contributed by atoms with Crippen molar-refractivity contribution in [1.82, 2.24) is 25.1 Å². The predicted octanol–water partition coefficient (Wildman–Crippen LogP) is 2.37. The van der Waals surface area contributed by atoms with Gasteiger partial charge in [0, 0.05) is 26.3 Å². The van der Waals surface area contributed by atoms with Gasteiger partial charge in [0.15, 0.2) is 5.69 Å². The number of likely N-dealkylation sites (N-methyl/N-ethyl adjacent to an activating group) is 2. The molecule has 0 radical (unpaired) electrons. The van der Waals surface area contributed by atoms with Crippen molar-refractivity contribution in [1.29, 1.82) is 0 Å². The molecule has 1 aliphatic heterocycles. The third-order valence-corrected chi connectivity index (χ3v) is 3.44. The predicted molar refractivity (Wildman–Crippen MR) is 111 cm³/mol. The summed E-state index contributed by atoms with van der Waals surface area (Å²) in [5, 5.41) is 4.29. The molecule has 2 rings (SSSR count). The molecule has 8 heteroatoms. The maximum Gasteiger partial charge on any atom is 0.295 e. The highest BCUT2D eigenvalue weighted by molar-refractivity contribution is 7.80. The van der Waals surface area contributed by atoms with Crippen LogP contribution >= 0.6 is 12.6 Å². The monoisotopic (exact) mass is 383 g/mol. The molecule has 2 heterocycles. The second-order valence-electron chi connectivity index (χ2n) is 5.37. The van der Waals surface area contributed by atoms with Crippen LogP contribution in [0.25, 0.3) is 5.70 Å². The normalized spacial score (nSPS) is 16.3. The first-order chi connectivity index (χ1) is 12.5. The van der Waals surface area contributed by atoms with Crippen LogP contribution in [0.4, 0.5) is 0 Å². The Morgan fingerprint density at radius 1 is 1.58 bits per heavy atom. The molecule has 0 saturated carbocycles. The molecular formula is C18H33N5O2S. The number of nitrogens with zero attached hydrogens (tertiary/aromatic N) is 4. The highest BCUT2D eigenvalue weighted by Gasteiger charge is 2.21. The lowest BCUT2D eigenvalue weighted by Gasteiger charge is -2.33. The van der Waals surface area contributed by atoms with Crippen molar-refractivity contribution in [2.24, 2.45) is 0 Å². The summed E-state index contributed by atoms with van der Waals surface area (Å²) in [6.45, 7) is 11.5. The van der Waals surface area contributed by atoms with E-state index in [9.17, 15) is 4.79 Å². The number of thiol groups is 1. The van der Waals surface area contributed by atoms with Crippen molar-refractivity contribution < 1.29 is 9.63 Å². The smallest absolute Gasteiger partial charge is 0.295 e. The minimum atomic E-state index is -0.360. The summed E-state index contributed by atoms with van der Waals surface area (Å²) < 4.78 is 1.73. The van der Waals surface area contributed by atoms with Crippen LogP contribution in [0.1, 0.15) is 31.3 Å². The summed E-state index contributed by atoms with van der Waals surface area (Å²) in [4.78, 5) is 20.5. The first kappa shape index (κ1) is 24.2. The summed E-state index contributed by atoms with van der Waals surface area (Å²) in [7, 11) is 5.44. The van der Waals surface area contributed by atoms with E-state index in [0.29, 0.717) is 5.69 Å². The van der Waals surface area contributed by atoms with Crippen molar-refractivity contribution in [3.05, 3.63) is 36.8 Å². The zero-order chi connectivity index (χ0) is 20.1. The van der Waals surface area contributed by atoms with E-state index in [1.54, 1.807) is 23.1 Å². The van der Waals surface area contributed by atoms with Gasteiger partial charge in [0.2, 0.25) is 0 Å². The van der Waals surface area contributed by atoms with Gasteiger partial charge in [-0.25, -0.2) is 10.2 Å². The van der Waals surface area contributed by atoms with Crippen LogP contribution in [0.3, 0.4) is 0 Å². The molecule has 1 aromatic heterocycles. The van der Waals surface area contributed by atoms with Crippen LogP contribution in [0, 0.1) is 0 Å². The third-order valence-electron chi connectivity index (χ3n) is 3.44. The zero-order valence-electron chi connectivity index (χ0n) is 16.8. The van der Waals surface area contributed by atoms with Crippen LogP contribution in [-0.2, 0) is 4.84 Å². The molecule has 0 saturated heterocycles. The molecule has 1 aromatic rings. The minimum absolute atomic E-state index is 0.233. The van der Waals surface area contributed by atoms with E-state index in [4.69, 9.17) is 0 Å². The van der Waals surface area contributed by atoms with E-state index >= 15 is 0 Å². The molecule has 1 amide bonds. The Labute approximate surface area is 163 Å². The van der Waals surface area contributed by atoms with E-state index in [1.807, 2.05) is 27.8 Å². The summed E-state index contributed by atoms with van der Waals surface area (Å²) in [6.07, 6.45) is 5.73. The Morgan fingerprint density at radius 3 is 2.73 bits per heavy atom. The quantitative estimate of drug-likeness (QED) is 0.604. The highest BCUT2D eigenvalue weighted by Crippen LogP contribution is 2.16. The van der Waals surface area contributed by atoms with E-state index in [-0.39, 0.29) is 11.9 Å². The molecule has 1 aliphatic rings. The third kappa shape index (κ3) is 7.63. The number of carbonyl (C=O) groups is 1. The number of carbonyl (C=O) groups excluding carboxylic acids is 1. The molecule has 148 valence electrons. The lowest BCUT2D eigenvalue weighted by Crippen LogP contribution is -2.42. The van der Waals surface area contributed by atoms with E-state index in [0.717, 1.165) is 24.5 Å². The summed E-state index contributed by atoms with van der Waals surface area (Å²) >= 11 is 3.79. The minimum Gasteiger partial charge on any atom is -0.373 e. The standard InChI is InChI=1S/C14H21N5O2.C2H6S.C2H6/c1-5-18(3)11-8-12(10-17(2)9-11)19-7-6-13(15-19)14(20)16-21-4;1-2-3;1-2/h5-8,11H,1,9-10H2,2-4H3,(H,16,20);3H,2H2,1H3;1-2H3. The molecule has 0 aliphatic carbocycles. The van der Waals surface area contributed by atoms with Crippen molar-refractivity contribution >= 4 is 24.2 Å². The maximum atomic E-state index is 11.7. The Balaban J connectivity index is 0.00000113. The Kier molecular flexibility index (Phi) is 12.5. The maximum absolute atomic E-state index is 11.7. The van der Waals surface area contributed by atoms with Gasteiger partial charge in [-0.05, 0) is 31.1 Å². The number of hydrogen-bond donors (Lipinski definition) is 2. The zero-order valence-corrected chi connectivity index (χ0v) is 17.7. The van der Waals surface area contributed by atoms with Gasteiger partial charge in [-0.15, -0.1) is 0 Å². The number of hydrogen-bond acceptors (Lipinski definition) is 6. The molecule has 1 unspecified atom stereocenters. The van der Waals surface area contributed by atoms with Crippen LogP contribution in [0.2, 0.25) is 0 Å². The number of amides is 1. The molecule has 0 aromatic carbocycles. The van der Waals surface area contributed by atoms with Gasteiger partial charge in [0.05, 0.1) is 18.8 Å². The SMILES string of the molecule is C=CN(C)C1C=C(n2ccc(C(=O)NOC)n2)CN(C)C1.CC.CCS. The van der Waals surface area contributed by atoms with Crippen LogP contribution < -0.4 is 5.48 Å². The molecule has 0 bridgehead atoms. The molecule has 1 N–H and O–H groups in total. The van der Waals surface area contributed by atoms with Crippen LogP contribution in [0.5, 0.6) is 0 Å². The fourth-order valence-corrected chi connectivity index (χ4v) is 2.27. The Bertz CT molecular complexity index is 574. The van der Waals surface area contributed by atoms with E-state index in [1.165, 1.54) is 7.11 Å². The topological polar surface area (TPSA) is 62.6 Å². The fourth-order valence-electron chi connectivity index (χ4n) is 2.27. The van der Waals surface area contributed by atoms with Gasteiger partial charge in [-0.1, -0.05) is 27.4 Å². The molecule has 0 fully saturated rings. The largest absolute Gasteiger partial charge is 0.373 e.